The summed E-state index contributed by atoms with van der Waals surface area (Å²) in [6.45, 7) is 4.67. The van der Waals surface area contributed by atoms with E-state index in [4.69, 9.17) is 0 Å². The summed E-state index contributed by atoms with van der Waals surface area (Å²) in [6, 6.07) is 10.9. The van der Waals surface area contributed by atoms with E-state index in [0.717, 1.165) is 18.4 Å². The van der Waals surface area contributed by atoms with E-state index in [1.165, 1.54) is 5.56 Å². The second kappa shape index (κ2) is 7.16. The van der Waals surface area contributed by atoms with Crippen LogP contribution in [0.5, 0.6) is 5.75 Å². The Kier molecular flexibility index (Phi) is 4.96. The lowest BCUT2D eigenvalue weighted by Gasteiger charge is -2.28. The van der Waals surface area contributed by atoms with Gasteiger partial charge in [0.2, 0.25) is 0 Å². The molecule has 0 saturated heterocycles. The number of pyridine rings is 1. The van der Waals surface area contributed by atoms with Gasteiger partial charge < -0.3 is 15.5 Å². The Morgan fingerprint density at radius 1 is 1.16 bits per heavy atom. The maximum Gasteiger partial charge on any atom is 0.179 e. The summed E-state index contributed by atoms with van der Waals surface area (Å²) in [7, 11) is 0. The number of aliphatic hydroxyl groups excluding tert-OH is 1. The minimum Gasteiger partial charge on any atom is -0.508 e. The van der Waals surface area contributed by atoms with Crippen LogP contribution in [0.1, 0.15) is 37.5 Å². The number of tetrazole rings is 1. The van der Waals surface area contributed by atoms with Crippen molar-refractivity contribution in [3.8, 4) is 5.75 Å². The second-order valence-electron chi connectivity index (χ2n) is 6.89. The summed E-state index contributed by atoms with van der Waals surface area (Å²) in [5, 5.41) is 34.5. The molecule has 0 aliphatic carbocycles. The minimum absolute atomic E-state index is 0.127. The van der Waals surface area contributed by atoms with Crippen LogP contribution < -0.4 is 5.32 Å². The molecule has 0 aliphatic rings. The second-order valence-corrected chi connectivity index (χ2v) is 6.89. The number of aromatic nitrogens is 4. The van der Waals surface area contributed by atoms with Crippen LogP contribution in [-0.2, 0) is 6.42 Å². The van der Waals surface area contributed by atoms with E-state index in [1.807, 2.05) is 18.2 Å². The molecule has 7 nitrogen and oxygen atoms in total. The van der Waals surface area contributed by atoms with Crippen LogP contribution in [0, 0.1) is 0 Å². The Morgan fingerprint density at radius 3 is 2.68 bits per heavy atom. The zero-order chi connectivity index (χ0) is 17.9. The topological polar surface area (TPSA) is 95.6 Å². The van der Waals surface area contributed by atoms with E-state index in [1.54, 1.807) is 28.9 Å². The fourth-order valence-corrected chi connectivity index (χ4v) is 2.65. The van der Waals surface area contributed by atoms with Gasteiger partial charge in [0.15, 0.2) is 5.65 Å². The number of β-amino-alcohol motifs (C(OH)–C–C–N with tert-alkyl or cyclic N) is 1. The molecule has 1 unspecified atom stereocenters. The lowest BCUT2D eigenvalue weighted by Crippen LogP contribution is -2.42. The molecule has 0 fully saturated rings. The van der Waals surface area contributed by atoms with Gasteiger partial charge in [0, 0.05) is 23.8 Å². The largest absolute Gasteiger partial charge is 0.508 e. The zero-order valence-corrected chi connectivity index (χ0v) is 14.4. The highest BCUT2D eigenvalue weighted by Crippen LogP contribution is 2.18. The van der Waals surface area contributed by atoms with E-state index in [-0.39, 0.29) is 11.3 Å². The van der Waals surface area contributed by atoms with Crippen molar-refractivity contribution in [1.82, 2.24) is 25.4 Å². The number of nitrogens with one attached hydrogen (secondary N) is 1. The highest BCUT2D eigenvalue weighted by molar-refractivity contribution is 5.36. The molecule has 0 spiro atoms. The van der Waals surface area contributed by atoms with E-state index in [9.17, 15) is 10.2 Å². The molecule has 3 aromatic rings. The van der Waals surface area contributed by atoms with Gasteiger partial charge in [0.25, 0.3) is 0 Å². The number of hydrogen-bond acceptors (Lipinski definition) is 6. The SMILES string of the molecule is CC(C)(CCc1ccc(O)cc1)NCC(O)c1ccc2nnnn2c1. The first kappa shape index (κ1) is 17.3. The van der Waals surface area contributed by atoms with E-state index in [2.05, 4.69) is 34.7 Å². The monoisotopic (exact) mass is 341 g/mol. The predicted molar refractivity (Wildman–Crippen MR) is 94.3 cm³/mol. The third-order valence-corrected chi connectivity index (χ3v) is 4.35. The lowest BCUT2D eigenvalue weighted by molar-refractivity contribution is 0.158. The maximum atomic E-state index is 10.4. The normalized spacial score (nSPS) is 13.2. The molecule has 7 heteroatoms. The molecule has 0 radical (unpaired) electrons. The van der Waals surface area contributed by atoms with Crippen molar-refractivity contribution in [2.24, 2.45) is 0 Å². The number of aryl methyl sites for hydroxylation is 1. The molecular formula is C18H23N5O2. The molecule has 2 aromatic heterocycles. The van der Waals surface area contributed by atoms with Gasteiger partial charge in [0.05, 0.1) is 6.10 Å². The van der Waals surface area contributed by atoms with Crippen molar-refractivity contribution in [2.75, 3.05) is 6.54 Å². The number of aliphatic hydroxyl groups is 1. The zero-order valence-electron chi connectivity index (χ0n) is 14.4. The summed E-state index contributed by atoms with van der Waals surface area (Å²) in [6.07, 6.45) is 2.91. The number of phenolic OH excluding ortho intramolecular Hbond substituents is 1. The molecular weight excluding hydrogens is 318 g/mol. The summed E-state index contributed by atoms with van der Waals surface area (Å²) in [5.74, 6) is 0.281. The number of aromatic hydroxyl groups is 1. The Morgan fingerprint density at radius 2 is 1.92 bits per heavy atom. The van der Waals surface area contributed by atoms with E-state index in [0.29, 0.717) is 12.2 Å². The first-order valence-corrected chi connectivity index (χ1v) is 8.32. The molecule has 0 aliphatic heterocycles. The highest BCUT2D eigenvalue weighted by Gasteiger charge is 2.19. The predicted octanol–water partition coefficient (Wildman–Crippen LogP) is 1.86. The number of benzene rings is 1. The fourth-order valence-electron chi connectivity index (χ4n) is 2.65. The average molecular weight is 341 g/mol. The Hall–Kier alpha value is -2.51. The minimum atomic E-state index is -0.637. The molecule has 25 heavy (non-hydrogen) atoms. The molecule has 132 valence electrons. The van der Waals surface area contributed by atoms with Crippen molar-refractivity contribution in [3.05, 3.63) is 53.7 Å². The van der Waals surface area contributed by atoms with Gasteiger partial charge in [-0.3, -0.25) is 0 Å². The standard InChI is InChI=1S/C18H23N5O2/c1-18(2,10-9-13-3-6-15(24)7-4-13)19-11-16(25)14-5-8-17-20-21-22-23(17)12-14/h3-8,12,16,19,24-25H,9-11H2,1-2H3. The van der Waals surface area contributed by atoms with Crippen molar-refractivity contribution in [1.29, 1.82) is 0 Å². The number of hydrogen-bond donors (Lipinski definition) is 3. The molecule has 0 amide bonds. The van der Waals surface area contributed by atoms with Crippen LogP contribution in [0.15, 0.2) is 42.6 Å². The number of rotatable bonds is 7. The van der Waals surface area contributed by atoms with Gasteiger partial charge in [-0.25, -0.2) is 4.52 Å². The average Bonchev–Trinajstić information content (AvgIpc) is 3.07. The van der Waals surface area contributed by atoms with Crippen molar-refractivity contribution >= 4 is 5.65 Å². The van der Waals surface area contributed by atoms with Gasteiger partial charge in [-0.15, -0.1) is 5.10 Å². The van der Waals surface area contributed by atoms with Crippen LogP contribution in [0.2, 0.25) is 0 Å². The smallest absolute Gasteiger partial charge is 0.179 e. The summed E-state index contributed by atoms with van der Waals surface area (Å²) < 4.78 is 1.55. The molecule has 2 heterocycles. The molecule has 1 atom stereocenters. The van der Waals surface area contributed by atoms with Crippen LogP contribution in [0.25, 0.3) is 5.65 Å². The van der Waals surface area contributed by atoms with Crippen LogP contribution in [0.3, 0.4) is 0 Å². The van der Waals surface area contributed by atoms with E-state index >= 15 is 0 Å². The maximum absolute atomic E-state index is 10.4. The van der Waals surface area contributed by atoms with Crippen LogP contribution >= 0.6 is 0 Å². The highest BCUT2D eigenvalue weighted by atomic mass is 16.3. The fraction of sp³-hybridized carbons (Fsp3) is 0.389. The molecule has 0 bridgehead atoms. The van der Waals surface area contributed by atoms with E-state index < -0.39 is 6.10 Å². The Bertz CT molecular complexity index is 829. The number of nitrogens with zero attached hydrogens (tertiary/aromatic N) is 4. The first-order chi connectivity index (χ1) is 11.9. The van der Waals surface area contributed by atoms with Gasteiger partial charge in [-0.1, -0.05) is 18.2 Å². The number of phenols is 1. The van der Waals surface area contributed by atoms with Crippen molar-refractivity contribution in [2.45, 2.75) is 38.3 Å². The van der Waals surface area contributed by atoms with Crippen LogP contribution in [0.4, 0.5) is 0 Å². The molecule has 3 N–H and O–H groups in total. The Balaban J connectivity index is 1.54. The van der Waals surface area contributed by atoms with Gasteiger partial charge in [-0.2, -0.15) is 0 Å². The van der Waals surface area contributed by atoms with Gasteiger partial charge >= 0.3 is 0 Å². The van der Waals surface area contributed by atoms with Crippen LogP contribution in [-0.4, -0.2) is 42.3 Å². The van der Waals surface area contributed by atoms with Crippen molar-refractivity contribution < 1.29 is 10.2 Å². The summed E-state index contributed by atoms with van der Waals surface area (Å²) in [5.41, 5.74) is 2.47. The summed E-state index contributed by atoms with van der Waals surface area (Å²) >= 11 is 0. The third kappa shape index (κ3) is 4.52. The number of fused-ring (bicyclic) bond motifs is 1. The quantitative estimate of drug-likeness (QED) is 0.607. The molecule has 0 saturated carbocycles. The van der Waals surface area contributed by atoms with Gasteiger partial charge in [0.1, 0.15) is 5.75 Å². The third-order valence-electron chi connectivity index (χ3n) is 4.35. The molecule has 1 aromatic carbocycles. The lowest BCUT2D eigenvalue weighted by atomic mass is 9.94. The first-order valence-electron chi connectivity index (χ1n) is 8.32. The van der Waals surface area contributed by atoms with Gasteiger partial charge in [-0.05, 0) is 60.9 Å². The summed E-state index contributed by atoms with van der Waals surface area (Å²) in [4.78, 5) is 0. The van der Waals surface area contributed by atoms with Crippen molar-refractivity contribution in [3.63, 3.8) is 0 Å². The molecule has 3 rings (SSSR count). The Labute approximate surface area is 146 Å².